The maximum Gasteiger partial charge on any atom is 0.339 e. The van der Waals surface area contributed by atoms with Gasteiger partial charge in [-0.1, -0.05) is 23.7 Å². The number of halogens is 1. The van der Waals surface area contributed by atoms with E-state index in [9.17, 15) is 14.4 Å². The first-order chi connectivity index (χ1) is 13.8. The zero-order valence-electron chi connectivity index (χ0n) is 15.8. The van der Waals surface area contributed by atoms with Gasteiger partial charge in [-0.2, -0.15) is 0 Å². The van der Waals surface area contributed by atoms with Crippen molar-refractivity contribution in [3.8, 4) is 0 Å². The highest BCUT2D eigenvalue weighted by molar-refractivity contribution is 8.00. The highest BCUT2D eigenvalue weighted by atomic mass is 35.5. The van der Waals surface area contributed by atoms with E-state index in [1.807, 2.05) is 0 Å². The third kappa shape index (κ3) is 5.16. The van der Waals surface area contributed by atoms with Gasteiger partial charge >= 0.3 is 5.97 Å². The lowest BCUT2D eigenvalue weighted by molar-refractivity contribution is -0.125. The lowest BCUT2D eigenvalue weighted by atomic mass is 10.2. The molecule has 1 aromatic carbocycles. The van der Waals surface area contributed by atoms with Crippen LogP contribution in [0.25, 0.3) is 5.65 Å². The second-order valence-electron chi connectivity index (χ2n) is 6.31. The molecule has 0 atom stereocenters. The molecule has 0 unspecified atom stereocenters. The fourth-order valence-corrected chi connectivity index (χ4v) is 3.63. The number of fused-ring (bicyclic) bond motifs is 1. The topological polar surface area (TPSA) is 81.0 Å². The monoisotopic (exact) mass is 431 g/mol. The van der Waals surface area contributed by atoms with E-state index in [0.717, 1.165) is 0 Å². The number of thioether (sulfide) groups is 1. The van der Waals surface area contributed by atoms with Crippen molar-refractivity contribution in [3.05, 3.63) is 75.3 Å². The van der Waals surface area contributed by atoms with E-state index in [-0.39, 0.29) is 23.8 Å². The van der Waals surface area contributed by atoms with Crippen molar-refractivity contribution in [2.75, 3.05) is 19.8 Å². The Bertz CT molecular complexity index is 1130. The predicted octanol–water partition coefficient (Wildman–Crippen LogP) is 2.89. The number of esters is 1. The van der Waals surface area contributed by atoms with Crippen molar-refractivity contribution in [2.45, 2.75) is 11.5 Å². The zero-order chi connectivity index (χ0) is 21.0. The summed E-state index contributed by atoms with van der Waals surface area (Å²) in [6.45, 7) is -0.150. The molecule has 150 valence electrons. The number of nitrogens with zero attached hydrogens (tertiary/aromatic N) is 3. The Labute approximate surface area is 176 Å². The number of pyridine rings is 1. The molecule has 0 spiro atoms. The van der Waals surface area contributed by atoms with Crippen LogP contribution in [0.15, 0.2) is 58.4 Å². The largest absolute Gasteiger partial charge is 0.456 e. The molecule has 2 aromatic heterocycles. The first-order valence-electron chi connectivity index (χ1n) is 8.62. The molecule has 0 bridgehead atoms. The SMILES string of the molecule is CN(C)C(=O)CSc1ccccc1C(=O)OCc1cc(=O)n2cc(Cl)ccc2n1. The van der Waals surface area contributed by atoms with Gasteiger partial charge in [-0.25, -0.2) is 9.78 Å². The molecule has 3 aromatic rings. The van der Waals surface area contributed by atoms with Gasteiger partial charge in [0.25, 0.3) is 5.56 Å². The summed E-state index contributed by atoms with van der Waals surface area (Å²) in [7, 11) is 3.35. The fourth-order valence-electron chi connectivity index (χ4n) is 2.45. The van der Waals surface area contributed by atoms with Gasteiger partial charge in [0.05, 0.1) is 22.0 Å². The standard InChI is InChI=1S/C20H18ClN3O4S/c1-23(2)19(26)12-29-16-6-4-3-5-15(16)20(27)28-11-14-9-18(25)24-10-13(21)7-8-17(24)22-14/h3-10H,11-12H2,1-2H3. The molecule has 0 aliphatic carbocycles. The Hall–Kier alpha value is -2.84. The van der Waals surface area contributed by atoms with Crippen LogP contribution in [0.4, 0.5) is 0 Å². The molecule has 0 fully saturated rings. The Morgan fingerprint density at radius 1 is 1.21 bits per heavy atom. The number of hydrogen-bond acceptors (Lipinski definition) is 6. The van der Waals surface area contributed by atoms with Crippen molar-refractivity contribution in [1.29, 1.82) is 0 Å². The molecule has 0 radical (unpaired) electrons. The van der Waals surface area contributed by atoms with E-state index in [1.54, 1.807) is 50.5 Å². The average Bonchev–Trinajstić information content (AvgIpc) is 2.71. The third-order valence-corrected chi connectivity index (χ3v) is 5.27. The van der Waals surface area contributed by atoms with Crippen molar-refractivity contribution in [2.24, 2.45) is 0 Å². The summed E-state index contributed by atoms with van der Waals surface area (Å²) >= 11 is 7.16. The molecule has 0 aliphatic heterocycles. The number of carbonyl (C=O) groups excluding carboxylic acids is 2. The fraction of sp³-hybridized carbons (Fsp3) is 0.200. The molecule has 0 aliphatic rings. The van der Waals surface area contributed by atoms with Crippen LogP contribution in [0.3, 0.4) is 0 Å². The molecule has 0 saturated carbocycles. The number of hydrogen-bond donors (Lipinski definition) is 0. The predicted molar refractivity (Wildman–Crippen MR) is 111 cm³/mol. The lowest BCUT2D eigenvalue weighted by Gasteiger charge is -2.12. The summed E-state index contributed by atoms with van der Waals surface area (Å²) in [5.74, 6) is -0.398. The van der Waals surface area contributed by atoms with E-state index >= 15 is 0 Å². The number of rotatable bonds is 6. The van der Waals surface area contributed by atoms with Crippen molar-refractivity contribution in [3.63, 3.8) is 0 Å². The number of aromatic nitrogens is 2. The Morgan fingerprint density at radius 3 is 2.72 bits per heavy atom. The summed E-state index contributed by atoms with van der Waals surface area (Å²) < 4.78 is 6.67. The molecule has 9 heteroatoms. The number of carbonyl (C=O) groups is 2. The summed E-state index contributed by atoms with van der Waals surface area (Å²) in [6, 6.07) is 11.4. The summed E-state index contributed by atoms with van der Waals surface area (Å²) in [5, 5.41) is 0.419. The van der Waals surface area contributed by atoms with E-state index in [2.05, 4.69) is 4.98 Å². The smallest absolute Gasteiger partial charge is 0.339 e. The molecule has 2 heterocycles. The summed E-state index contributed by atoms with van der Waals surface area (Å²) in [6.07, 6.45) is 1.48. The Kier molecular flexibility index (Phi) is 6.56. The minimum atomic E-state index is -0.552. The van der Waals surface area contributed by atoms with Gasteiger partial charge in [0, 0.05) is 31.3 Å². The Balaban J connectivity index is 1.73. The van der Waals surface area contributed by atoms with E-state index in [1.165, 1.54) is 33.3 Å². The second-order valence-corrected chi connectivity index (χ2v) is 7.76. The van der Waals surface area contributed by atoms with Gasteiger partial charge < -0.3 is 9.64 Å². The molecular formula is C20H18ClN3O4S. The van der Waals surface area contributed by atoms with Gasteiger partial charge in [0.2, 0.25) is 5.91 Å². The summed E-state index contributed by atoms with van der Waals surface area (Å²) in [5.41, 5.74) is 0.778. The van der Waals surface area contributed by atoms with Gasteiger partial charge in [-0.15, -0.1) is 11.8 Å². The van der Waals surface area contributed by atoms with E-state index in [4.69, 9.17) is 16.3 Å². The summed E-state index contributed by atoms with van der Waals surface area (Å²) in [4.78, 5) is 43.0. The molecule has 3 rings (SSSR count). The normalized spacial score (nSPS) is 10.7. The molecular weight excluding hydrogens is 414 g/mol. The van der Waals surface area contributed by atoms with Crippen LogP contribution in [-0.2, 0) is 16.1 Å². The maximum atomic E-state index is 12.6. The highest BCUT2D eigenvalue weighted by Crippen LogP contribution is 2.24. The minimum absolute atomic E-state index is 0.0564. The van der Waals surface area contributed by atoms with Gasteiger partial charge in [-0.05, 0) is 24.3 Å². The van der Waals surface area contributed by atoms with Crippen molar-refractivity contribution >= 4 is 40.9 Å². The maximum absolute atomic E-state index is 12.6. The van der Waals surface area contributed by atoms with Crippen LogP contribution < -0.4 is 5.56 Å². The van der Waals surface area contributed by atoms with Crippen LogP contribution in [-0.4, -0.2) is 46.0 Å². The van der Waals surface area contributed by atoms with Crippen LogP contribution >= 0.6 is 23.4 Å². The highest BCUT2D eigenvalue weighted by Gasteiger charge is 2.15. The number of amides is 1. The molecule has 1 amide bonds. The van der Waals surface area contributed by atoms with Gasteiger partial charge in [0.15, 0.2) is 0 Å². The van der Waals surface area contributed by atoms with Gasteiger partial charge in [-0.3, -0.25) is 14.0 Å². The first kappa shape index (κ1) is 20.9. The molecule has 29 heavy (non-hydrogen) atoms. The van der Waals surface area contributed by atoms with E-state index in [0.29, 0.717) is 26.8 Å². The minimum Gasteiger partial charge on any atom is -0.456 e. The van der Waals surface area contributed by atoms with Crippen molar-refractivity contribution < 1.29 is 14.3 Å². The Morgan fingerprint density at radius 2 is 1.97 bits per heavy atom. The first-order valence-corrected chi connectivity index (χ1v) is 9.98. The number of benzene rings is 1. The van der Waals surface area contributed by atoms with Crippen molar-refractivity contribution in [1.82, 2.24) is 14.3 Å². The average molecular weight is 432 g/mol. The second kappa shape index (κ2) is 9.11. The lowest BCUT2D eigenvalue weighted by Crippen LogP contribution is -2.23. The van der Waals surface area contributed by atoms with Gasteiger partial charge in [0.1, 0.15) is 12.3 Å². The molecule has 0 N–H and O–H groups in total. The zero-order valence-corrected chi connectivity index (χ0v) is 17.4. The quantitative estimate of drug-likeness (QED) is 0.441. The van der Waals surface area contributed by atoms with Crippen LogP contribution in [0.1, 0.15) is 16.1 Å². The van der Waals surface area contributed by atoms with E-state index < -0.39 is 5.97 Å². The molecule has 0 saturated heterocycles. The molecule has 7 nitrogen and oxygen atoms in total. The van der Waals surface area contributed by atoms with Crippen LogP contribution in [0.2, 0.25) is 5.02 Å². The van der Waals surface area contributed by atoms with Crippen LogP contribution in [0, 0.1) is 0 Å². The van der Waals surface area contributed by atoms with Crippen LogP contribution in [0.5, 0.6) is 0 Å². The number of ether oxygens (including phenoxy) is 1. The third-order valence-electron chi connectivity index (χ3n) is 3.98.